The van der Waals surface area contributed by atoms with Crippen molar-refractivity contribution in [2.45, 2.75) is 38.8 Å². The molecule has 3 nitrogen and oxygen atoms in total. The Morgan fingerprint density at radius 1 is 1.35 bits per heavy atom. The Kier molecular flexibility index (Phi) is 4.38. The van der Waals surface area contributed by atoms with Crippen molar-refractivity contribution in [3.8, 4) is 0 Å². The van der Waals surface area contributed by atoms with Crippen LogP contribution in [-0.2, 0) is 11.2 Å². The van der Waals surface area contributed by atoms with Gasteiger partial charge in [0.1, 0.15) is 0 Å². The standard InChI is InChI=1S/C15H20F2N2O/c1-8-5-9(2)19-13(14(8)15(18)20)7-10-3-4-11(16)12(17)6-10/h3-4,6,8-9,13-14,19H,5,7H2,1-2H3,(H2,18,20). The van der Waals surface area contributed by atoms with Crippen molar-refractivity contribution in [1.29, 1.82) is 0 Å². The summed E-state index contributed by atoms with van der Waals surface area (Å²) in [7, 11) is 0. The molecular formula is C15H20F2N2O. The number of nitrogens with two attached hydrogens (primary N) is 1. The molecule has 0 aliphatic carbocycles. The second-order valence-corrected chi connectivity index (χ2v) is 5.77. The van der Waals surface area contributed by atoms with Gasteiger partial charge in [0, 0.05) is 12.1 Å². The lowest BCUT2D eigenvalue weighted by atomic mass is 9.77. The summed E-state index contributed by atoms with van der Waals surface area (Å²) < 4.78 is 26.2. The fourth-order valence-corrected chi connectivity index (χ4v) is 3.22. The number of primary amides is 1. The number of carbonyl (C=O) groups is 1. The minimum atomic E-state index is -0.866. The highest BCUT2D eigenvalue weighted by atomic mass is 19.2. The van der Waals surface area contributed by atoms with Gasteiger partial charge in [0.25, 0.3) is 0 Å². The van der Waals surface area contributed by atoms with E-state index >= 15 is 0 Å². The van der Waals surface area contributed by atoms with E-state index in [2.05, 4.69) is 5.32 Å². The van der Waals surface area contributed by atoms with Crippen LogP contribution in [0.5, 0.6) is 0 Å². The number of halogens is 2. The summed E-state index contributed by atoms with van der Waals surface area (Å²) in [5, 5.41) is 3.34. The minimum Gasteiger partial charge on any atom is -0.369 e. The van der Waals surface area contributed by atoms with E-state index in [9.17, 15) is 13.6 Å². The number of amides is 1. The summed E-state index contributed by atoms with van der Waals surface area (Å²) in [5.41, 5.74) is 6.15. The molecule has 110 valence electrons. The van der Waals surface area contributed by atoms with Crippen LogP contribution in [0.15, 0.2) is 18.2 Å². The third kappa shape index (κ3) is 3.15. The Morgan fingerprint density at radius 3 is 2.65 bits per heavy atom. The van der Waals surface area contributed by atoms with Crippen molar-refractivity contribution in [3.63, 3.8) is 0 Å². The topological polar surface area (TPSA) is 55.1 Å². The summed E-state index contributed by atoms with van der Waals surface area (Å²) in [4.78, 5) is 11.6. The van der Waals surface area contributed by atoms with Crippen LogP contribution in [0.3, 0.4) is 0 Å². The molecule has 1 aliphatic heterocycles. The van der Waals surface area contributed by atoms with Gasteiger partial charge in [0.2, 0.25) is 5.91 Å². The number of piperidine rings is 1. The fourth-order valence-electron chi connectivity index (χ4n) is 3.22. The molecule has 2 rings (SSSR count). The summed E-state index contributed by atoms with van der Waals surface area (Å²) in [6, 6.07) is 3.97. The molecule has 1 amide bonds. The molecule has 4 atom stereocenters. The molecule has 0 radical (unpaired) electrons. The third-order valence-electron chi connectivity index (χ3n) is 4.04. The number of hydrogen-bond acceptors (Lipinski definition) is 2. The Hall–Kier alpha value is -1.49. The van der Waals surface area contributed by atoms with Crippen LogP contribution in [0, 0.1) is 23.5 Å². The number of nitrogens with one attached hydrogen (secondary N) is 1. The van der Waals surface area contributed by atoms with Gasteiger partial charge in [0.05, 0.1) is 5.92 Å². The van der Waals surface area contributed by atoms with Crippen LogP contribution in [-0.4, -0.2) is 18.0 Å². The molecule has 4 unspecified atom stereocenters. The SMILES string of the molecule is CC1CC(C)C(C(N)=O)C(Cc2ccc(F)c(F)c2)N1. The maximum Gasteiger partial charge on any atom is 0.222 e. The van der Waals surface area contributed by atoms with Crippen molar-refractivity contribution in [1.82, 2.24) is 5.32 Å². The van der Waals surface area contributed by atoms with E-state index in [4.69, 9.17) is 5.73 Å². The van der Waals surface area contributed by atoms with E-state index in [1.807, 2.05) is 13.8 Å². The molecule has 1 aromatic rings. The van der Waals surface area contributed by atoms with Crippen LogP contribution in [0.1, 0.15) is 25.8 Å². The van der Waals surface area contributed by atoms with Crippen molar-refractivity contribution >= 4 is 5.91 Å². The summed E-state index contributed by atoms with van der Waals surface area (Å²) in [6.07, 6.45) is 1.33. The van der Waals surface area contributed by atoms with E-state index in [-0.39, 0.29) is 29.8 Å². The molecule has 20 heavy (non-hydrogen) atoms. The monoisotopic (exact) mass is 282 g/mol. The summed E-state index contributed by atoms with van der Waals surface area (Å²) >= 11 is 0. The Labute approximate surface area is 117 Å². The maximum atomic E-state index is 13.3. The molecule has 1 fully saturated rings. The first-order valence-corrected chi connectivity index (χ1v) is 6.87. The first-order chi connectivity index (χ1) is 9.38. The molecular weight excluding hydrogens is 262 g/mol. The van der Waals surface area contributed by atoms with Crippen molar-refractivity contribution in [3.05, 3.63) is 35.4 Å². The number of hydrogen-bond donors (Lipinski definition) is 2. The minimum absolute atomic E-state index is 0.142. The van der Waals surface area contributed by atoms with Crippen molar-refractivity contribution < 1.29 is 13.6 Å². The van der Waals surface area contributed by atoms with Gasteiger partial charge in [-0.1, -0.05) is 13.0 Å². The third-order valence-corrected chi connectivity index (χ3v) is 4.04. The largest absolute Gasteiger partial charge is 0.369 e. The molecule has 1 saturated heterocycles. The van der Waals surface area contributed by atoms with Gasteiger partial charge in [0.15, 0.2) is 11.6 Å². The first-order valence-electron chi connectivity index (χ1n) is 6.87. The van der Waals surface area contributed by atoms with Gasteiger partial charge >= 0.3 is 0 Å². The number of rotatable bonds is 3. The van der Waals surface area contributed by atoms with Crippen LogP contribution in [0.2, 0.25) is 0 Å². The molecule has 1 aromatic carbocycles. The number of carbonyl (C=O) groups excluding carboxylic acids is 1. The van der Waals surface area contributed by atoms with Crippen LogP contribution < -0.4 is 11.1 Å². The highest BCUT2D eigenvalue weighted by molar-refractivity contribution is 5.78. The Balaban J connectivity index is 2.19. The molecule has 0 bridgehead atoms. The zero-order valence-electron chi connectivity index (χ0n) is 11.7. The van der Waals surface area contributed by atoms with E-state index in [0.717, 1.165) is 12.5 Å². The van der Waals surface area contributed by atoms with Crippen molar-refractivity contribution in [2.75, 3.05) is 0 Å². The Morgan fingerprint density at radius 2 is 2.05 bits per heavy atom. The van der Waals surface area contributed by atoms with E-state index < -0.39 is 11.6 Å². The predicted octanol–water partition coefficient (Wildman–Crippen LogP) is 2.00. The molecule has 3 N–H and O–H groups in total. The predicted molar refractivity (Wildman–Crippen MR) is 72.9 cm³/mol. The molecule has 0 spiro atoms. The number of benzene rings is 1. The lowest BCUT2D eigenvalue weighted by molar-refractivity contribution is -0.125. The average molecular weight is 282 g/mol. The zero-order chi connectivity index (χ0) is 14.9. The van der Waals surface area contributed by atoms with Gasteiger partial charge in [-0.15, -0.1) is 0 Å². The molecule has 1 heterocycles. The highest BCUT2D eigenvalue weighted by Crippen LogP contribution is 2.28. The maximum absolute atomic E-state index is 13.3. The average Bonchev–Trinajstić information content (AvgIpc) is 2.32. The zero-order valence-corrected chi connectivity index (χ0v) is 11.7. The van der Waals surface area contributed by atoms with Crippen LogP contribution >= 0.6 is 0 Å². The molecule has 0 aromatic heterocycles. The van der Waals surface area contributed by atoms with Crippen LogP contribution in [0.4, 0.5) is 8.78 Å². The normalized spacial score (nSPS) is 30.2. The van der Waals surface area contributed by atoms with Crippen LogP contribution in [0.25, 0.3) is 0 Å². The first kappa shape index (κ1) is 14.9. The quantitative estimate of drug-likeness (QED) is 0.891. The van der Waals surface area contributed by atoms with E-state index in [1.165, 1.54) is 6.07 Å². The lowest BCUT2D eigenvalue weighted by Crippen LogP contribution is -2.55. The van der Waals surface area contributed by atoms with E-state index in [0.29, 0.717) is 12.0 Å². The van der Waals surface area contributed by atoms with Gasteiger partial charge in [-0.2, -0.15) is 0 Å². The summed E-state index contributed by atoms with van der Waals surface area (Å²) in [6.45, 7) is 4.05. The van der Waals surface area contributed by atoms with Gasteiger partial charge in [-0.25, -0.2) is 8.78 Å². The fraction of sp³-hybridized carbons (Fsp3) is 0.533. The highest BCUT2D eigenvalue weighted by Gasteiger charge is 2.37. The second kappa shape index (κ2) is 5.87. The van der Waals surface area contributed by atoms with E-state index in [1.54, 1.807) is 6.07 Å². The second-order valence-electron chi connectivity index (χ2n) is 5.77. The Bertz CT molecular complexity index is 507. The summed E-state index contributed by atoms with van der Waals surface area (Å²) in [5.74, 6) is -2.18. The lowest BCUT2D eigenvalue weighted by Gasteiger charge is -2.39. The molecule has 1 aliphatic rings. The molecule has 5 heteroatoms. The molecule has 0 saturated carbocycles. The van der Waals surface area contributed by atoms with Gasteiger partial charge < -0.3 is 11.1 Å². The smallest absolute Gasteiger partial charge is 0.222 e. The van der Waals surface area contributed by atoms with Gasteiger partial charge in [-0.3, -0.25) is 4.79 Å². The van der Waals surface area contributed by atoms with Gasteiger partial charge in [-0.05, 0) is 43.4 Å². The van der Waals surface area contributed by atoms with Crippen molar-refractivity contribution in [2.24, 2.45) is 17.6 Å².